The van der Waals surface area contributed by atoms with Crippen molar-refractivity contribution in [3.05, 3.63) is 29.8 Å². The van der Waals surface area contributed by atoms with Crippen molar-refractivity contribution in [2.75, 3.05) is 50.5 Å². The predicted molar refractivity (Wildman–Crippen MR) is 101 cm³/mol. The SMILES string of the molecule is CS(=O)(=O)N1CCOC(CNCCC(=O)N2CCCc3ccccc32)C1. The molecule has 1 saturated heterocycles. The molecule has 1 aromatic carbocycles. The van der Waals surface area contributed by atoms with E-state index in [-0.39, 0.29) is 12.0 Å². The Morgan fingerprint density at radius 2 is 2.12 bits per heavy atom. The first-order valence-electron chi connectivity index (χ1n) is 9.11. The Bertz CT molecular complexity index is 738. The van der Waals surface area contributed by atoms with E-state index in [1.54, 1.807) is 0 Å². The first-order chi connectivity index (χ1) is 12.4. The molecule has 0 aliphatic carbocycles. The van der Waals surface area contributed by atoms with E-state index in [1.165, 1.54) is 16.1 Å². The van der Waals surface area contributed by atoms with Crippen LogP contribution < -0.4 is 10.2 Å². The number of ether oxygens (including phenoxy) is 1. The fourth-order valence-electron chi connectivity index (χ4n) is 3.50. The summed E-state index contributed by atoms with van der Waals surface area (Å²) >= 11 is 0. The fraction of sp³-hybridized carbons (Fsp3) is 0.611. The maximum Gasteiger partial charge on any atom is 0.228 e. The maximum atomic E-state index is 12.6. The van der Waals surface area contributed by atoms with Gasteiger partial charge in [0.1, 0.15) is 0 Å². The van der Waals surface area contributed by atoms with E-state index in [4.69, 9.17) is 4.74 Å². The van der Waals surface area contributed by atoms with Gasteiger partial charge >= 0.3 is 0 Å². The molecule has 0 spiro atoms. The summed E-state index contributed by atoms with van der Waals surface area (Å²) in [6, 6.07) is 8.07. The third-order valence-electron chi connectivity index (χ3n) is 4.87. The summed E-state index contributed by atoms with van der Waals surface area (Å²) < 4.78 is 30.3. The Morgan fingerprint density at radius 3 is 2.92 bits per heavy atom. The monoisotopic (exact) mass is 381 g/mol. The second-order valence-corrected chi connectivity index (χ2v) is 8.83. The number of carbonyl (C=O) groups excluding carboxylic acids is 1. The molecule has 0 aromatic heterocycles. The summed E-state index contributed by atoms with van der Waals surface area (Å²) in [7, 11) is -3.18. The molecule has 1 amide bonds. The zero-order valence-corrected chi connectivity index (χ0v) is 16.0. The number of anilines is 1. The van der Waals surface area contributed by atoms with Crippen LogP contribution in [-0.2, 0) is 26.0 Å². The molecule has 1 aromatic rings. The highest BCUT2D eigenvalue weighted by molar-refractivity contribution is 7.88. The van der Waals surface area contributed by atoms with E-state index in [1.807, 2.05) is 23.1 Å². The van der Waals surface area contributed by atoms with Crippen molar-refractivity contribution in [1.29, 1.82) is 0 Å². The molecule has 144 valence electrons. The van der Waals surface area contributed by atoms with Gasteiger partial charge in [0, 0.05) is 44.8 Å². The van der Waals surface area contributed by atoms with Gasteiger partial charge in [-0.15, -0.1) is 0 Å². The largest absolute Gasteiger partial charge is 0.374 e. The number of nitrogens with zero attached hydrogens (tertiary/aromatic N) is 2. The summed E-state index contributed by atoms with van der Waals surface area (Å²) in [5.74, 6) is 0.118. The van der Waals surface area contributed by atoms with E-state index < -0.39 is 10.0 Å². The molecule has 26 heavy (non-hydrogen) atoms. The van der Waals surface area contributed by atoms with Crippen molar-refractivity contribution in [2.45, 2.75) is 25.4 Å². The van der Waals surface area contributed by atoms with Crippen molar-refractivity contribution in [3.8, 4) is 0 Å². The second-order valence-electron chi connectivity index (χ2n) is 6.85. The highest BCUT2D eigenvalue weighted by Crippen LogP contribution is 2.27. The van der Waals surface area contributed by atoms with Crippen LogP contribution in [0.1, 0.15) is 18.4 Å². The number of amides is 1. The molecule has 3 rings (SSSR count). The van der Waals surface area contributed by atoms with Crippen LogP contribution >= 0.6 is 0 Å². The molecule has 8 heteroatoms. The van der Waals surface area contributed by atoms with Gasteiger partial charge in [-0.1, -0.05) is 18.2 Å². The Morgan fingerprint density at radius 1 is 1.31 bits per heavy atom. The van der Waals surface area contributed by atoms with Crippen molar-refractivity contribution in [2.24, 2.45) is 0 Å². The zero-order valence-electron chi connectivity index (χ0n) is 15.2. The molecule has 1 unspecified atom stereocenters. The minimum Gasteiger partial charge on any atom is -0.374 e. The molecule has 2 aliphatic rings. The van der Waals surface area contributed by atoms with E-state index in [9.17, 15) is 13.2 Å². The molecule has 1 N–H and O–H groups in total. The van der Waals surface area contributed by atoms with Crippen molar-refractivity contribution in [3.63, 3.8) is 0 Å². The minimum atomic E-state index is -3.18. The van der Waals surface area contributed by atoms with Gasteiger partial charge in [0.15, 0.2) is 0 Å². The average molecular weight is 381 g/mol. The number of hydrogen-bond donors (Lipinski definition) is 1. The van der Waals surface area contributed by atoms with Crippen LogP contribution in [0.15, 0.2) is 24.3 Å². The van der Waals surface area contributed by atoms with Gasteiger partial charge in [-0.05, 0) is 24.5 Å². The molecular weight excluding hydrogens is 354 g/mol. The number of benzene rings is 1. The van der Waals surface area contributed by atoms with Crippen LogP contribution in [0, 0.1) is 0 Å². The smallest absolute Gasteiger partial charge is 0.228 e. The molecular formula is C18H27N3O4S. The average Bonchev–Trinajstić information content (AvgIpc) is 2.64. The maximum absolute atomic E-state index is 12.6. The molecule has 1 atom stereocenters. The summed E-state index contributed by atoms with van der Waals surface area (Å²) in [6.45, 7) is 3.03. The normalized spacial score (nSPS) is 21.4. The van der Waals surface area contributed by atoms with Gasteiger partial charge in [0.05, 0.1) is 19.0 Å². The van der Waals surface area contributed by atoms with Crippen LogP contribution in [0.3, 0.4) is 0 Å². The van der Waals surface area contributed by atoms with Crippen LogP contribution in [0.25, 0.3) is 0 Å². The summed E-state index contributed by atoms with van der Waals surface area (Å²) in [5, 5.41) is 3.23. The minimum absolute atomic E-state index is 0.118. The lowest BCUT2D eigenvalue weighted by molar-refractivity contribution is -0.118. The first-order valence-corrected chi connectivity index (χ1v) is 11.0. The van der Waals surface area contributed by atoms with E-state index in [0.717, 1.165) is 25.1 Å². The summed E-state index contributed by atoms with van der Waals surface area (Å²) in [4.78, 5) is 14.4. The van der Waals surface area contributed by atoms with E-state index in [2.05, 4.69) is 11.4 Å². The number of fused-ring (bicyclic) bond motifs is 1. The van der Waals surface area contributed by atoms with Crippen molar-refractivity contribution in [1.82, 2.24) is 9.62 Å². The lowest BCUT2D eigenvalue weighted by Crippen LogP contribution is -2.48. The topological polar surface area (TPSA) is 79.0 Å². The zero-order chi connectivity index (χ0) is 18.6. The lowest BCUT2D eigenvalue weighted by Gasteiger charge is -2.31. The number of morpholine rings is 1. The Balaban J connectivity index is 1.44. The fourth-order valence-corrected chi connectivity index (χ4v) is 4.35. The standard InChI is InChI=1S/C18H27N3O4S/c1-26(23,24)20-11-12-25-16(14-20)13-19-9-8-18(22)21-10-4-6-15-5-2-3-7-17(15)21/h2-3,5,7,16,19H,4,6,8-14H2,1H3. The highest BCUT2D eigenvalue weighted by atomic mass is 32.2. The van der Waals surface area contributed by atoms with E-state index in [0.29, 0.717) is 39.2 Å². The third-order valence-corrected chi connectivity index (χ3v) is 6.14. The van der Waals surface area contributed by atoms with Crippen LogP contribution in [0.2, 0.25) is 0 Å². The molecule has 0 saturated carbocycles. The molecule has 1 fully saturated rings. The summed E-state index contributed by atoms with van der Waals surface area (Å²) in [5.41, 5.74) is 2.26. The van der Waals surface area contributed by atoms with Gasteiger partial charge in [-0.25, -0.2) is 8.42 Å². The number of para-hydroxylation sites is 1. The quantitative estimate of drug-likeness (QED) is 0.731. The predicted octanol–water partition coefficient (Wildman–Crippen LogP) is 0.606. The van der Waals surface area contributed by atoms with Gasteiger partial charge in [0.2, 0.25) is 15.9 Å². The number of hydrogen-bond acceptors (Lipinski definition) is 5. The number of aryl methyl sites for hydroxylation is 1. The molecule has 2 heterocycles. The van der Waals surface area contributed by atoms with Crippen LogP contribution in [-0.4, -0.2) is 70.3 Å². The van der Waals surface area contributed by atoms with Gasteiger partial charge < -0.3 is 15.0 Å². The Kier molecular flexibility index (Phi) is 6.29. The van der Waals surface area contributed by atoms with Crippen LogP contribution in [0.4, 0.5) is 5.69 Å². The molecule has 0 bridgehead atoms. The van der Waals surface area contributed by atoms with Gasteiger partial charge in [-0.2, -0.15) is 4.31 Å². The second kappa shape index (κ2) is 8.47. The van der Waals surface area contributed by atoms with E-state index >= 15 is 0 Å². The highest BCUT2D eigenvalue weighted by Gasteiger charge is 2.26. The lowest BCUT2D eigenvalue weighted by atomic mass is 10.0. The molecule has 7 nitrogen and oxygen atoms in total. The molecule has 2 aliphatic heterocycles. The summed E-state index contributed by atoms with van der Waals surface area (Å²) in [6.07, 6.45) is 3.47. The number of sulfonamides is 1. The third kappa shape index (κ3) is 4.82. The molecule has 0 radical (unpaired) electrons. The van der Waals surface area contributed by atoms with Crippen molar-refractivity contribution >= 4 is 21.6 Å². The van der Waals surface area contributed by atoms with Crippen LogP contribution in [0.5, 0.6) is 0 Å². The Labute approximate surface area is 155 Å². The number of carbonyl (C=O) groups is 1. The van der Waals surface area contributed by atoms with Crippen molar-refractivity contribution < 1.29 is 17.9 Å². The first kappa shape index (κ1) is 19.3. The number of nitrogens with one attached hydrogen (secondary N) is 1. The van der Waals surface area contributed by atoms with Gasteiger partial charge in [-0.3, -0.25) is 4.79 Å². The Hall–Kier alpha value is -1.48. The van der Waals surface area contributed by atoms with Gasteiger partial charge in [0.25, 0.3) is 0 Å². The number of rotatable bonds is 6.